The van der Waals surface area contributed by atoms with Crippen LogP contribution in [0.5, 0.6) is 0 Å². The Morgan fingerprint density at radius 3 is 1.88 bits per heavy atom. The topological polar surface area (TPSA) is 52.6 Å². The number of rotatable bonds is 15. The minimum atomic E-state index is -0.312. The first kappa shape index (κ1) is 26.6. The van der Waals surface area contributed by atoms with Crippen LogP contribution in [0.15, 0.2) is 25.3 Å². The van der Waals surface area contributed by atoms with E-state index in [9.17, 15) is 9.59 Å². The molecular formula is C22H40O4. The lowest BCUT2D eigenvalue weighted by atomic mass is 10.0. The van der Waals surface area contributed by atoms with Gasteiger partial charge in [0.05, 0.1) is 13.2 Å². The summed E-state index contributed by atoms with van der Waals surface area (Å²) in [6.07, 6.45) is 14.3. The third kappa shape index (κ3) is 20.5. The second-order valence-corrected chi connectivity index (χ2v) is 6.39. The quantitative estimate of drug-likeness (QED) is 0.202. The van der Waals surface area contributed by atoms with Crippen molar-refractivity contribution in [3.05, 3.63) is 25.3 Å². The lowest BCUT2D eigenvalue weighted by Gasteiger charge is -2.13. The van der Waals surface area contributed by atoms with Crippen molar-refractivity contribution in [1.82, 2.24) is 0 Å². The molecule has 0 bridgehead atoms. The molecule has 0 aliphatic rings. The summed E-state index contributed by atoms with van der Waals surface area (Å²) in [4.78, 5) is 21.4. The van der Waals surface area contributed by atoms with Crippen LogP contribution in [0.25, 0.3) is 0 Å². The lowest BCUT2D eigenvalue weighted by Crippen LogP contribution is -2.12. The van der Waals surface area contributed by atoms with Gasteiger partial charge in [0, 0.05) is 12.2 Å². The van der Waals surface area contributed by atoms with E-state index >= 15 is 0 Å². The summed E-state index contributed by atoms with van der Waals surface area (Å²) in [7, 11) is 0. The highest BCUT2D eigenvalue weighted by Crippen LogP contribution is 2.12. The number of ether oxygens (including phenoxy) is 2. The summed E-state index contributed by atoms with van der Waals surface area (Å²) < 4.78 is 9.82. The normalized spacial score (nSPS) is 10.9. The predicted octanol–water partition coefficient (Wildman–Crippen LogP) is 6.01. The van der Waals surface area contributed by atoms with E-state index in [1.54, 1.807) is 0 Å². The summed E-state index contributed by atoms with van der Waals surface area (Å²) >= 11 is 0. The van der Waals surface area contributed by atoms with Gasteiger partial charge in [-0.25, -0.2) is 9.59 Å². The molecule has 0 radical (unpaired) electrons. The molecule has 4 nitrogen and oxygen atoms in total. The van der Waals surface area contributed by atoms with Crippen molar-refractivity contribution < 1.29 is 19.1 Å². The van der Waals surface area contributed by atoms with Crippen LogP contribution in [-0.4, -0.2) is 25.2 Å². The average molecular weight is 369 g/mol. The van der Waals surface area contributed by atoms with E-state index in [2.05, 4.69) is 33.9 Å². The summed E-state index contributed by atoms with van der Waals surface area (Å²) in [5.41, 5.74) is 0. The van der Waals surface area contributed by atoms with Crippen LogP contribution >= 0.6 is 0 Å². The number of esters is 2. The number of carbonyl (C=O) groups is 2. The molecule has 0 amide bonds. The first-order chi connectivity index (χ1) is 12.5. The van der Waals surface area contributed by atoms with Crippen LogP contribution < -0.4 is 0 Å². The Labute approximate surface area is 161 Å². The van der Waals surface area contributed by atoms with Crippen molar-refractivity contribution in [2.45, 2.75) is 85.0 Å². The van der Waals surface area contributed by atoms with Gasteiger partial charge >= 0.3 is 11.9 Å². The molecule has 26 heavy (non-hydrogen) atoms. The van der Waals surface area contributed by atoms with Gasteiger partial charge in [-0.05, 0) is 18.8 Å². The third-order valence-electron chi connectivity index (χ3n) is 4.08. The van der Waals surface area contributed by atoms with Gasteiger partial charge in [-0.3, -0.25) is 0 Å². The van der Waals surface area contributed by atoms with Crippen LogP contribution in [0.2, 0.25) is 0 Å². The number of hydrogen-bond acceptors (Lipinski definition) is 4. The van der Waals surface area contributed by atoms with Crippen molar-refractivity contribution in [1.29, 1.82) is 0 Å². The molecule has 1 atom stereocenters. The van der Waals surface area contributed by atoms with Gasteiger partial charge in [0.2, 0.25) is 0 Å². The highest BCUT2D eigenvalue weighted by atomic mass is 16.5. The van der Waals surface area contributed by atoms with Crippen LogP contribution in [0.3, 0.4) is 0 Å². The lowest BCUT2D eigenvalue weighted by molar-refractivity contribution is -0.139. The molecule has 0 aromatic rings. The Balaban J connectivity index is 0. The first-order valence-corrected chi connectivity index (χ1v) is 10.1. The SMILES string of the molecule is C=CC(=O)OCC(CC)CCCC.C=CC(=O)OCCCCCCCC. The van der Waals surface area contributed by atoms with Crippen LogP contribution in [0.1, 0.15) is 85.0 Å². The fourth-order valence-electron chi connectivity index (χ4n) is 2.27. The second-order valence-electron chi connectivity index (χ2n) is 6.39. The molecule has 152 valence electrons. The van der Waals surface area contributed by atoms with Crippen molar-refractivity contribution in [2.24, 2.45) is 5.92 Å². The van der Waals surface area contributed by atoms with Crippen molar-refractivity contribution in [3.8, 4) is 0 Å². The molecule has 0 aliphatic carbocycles. The monoisotopic (exact) mass is 368 g/mol. The van der Waals surface area contributed by atoms with Crippen molar-refractivity contribution in [2.75, 3.05) is 13.2 Å². The molecular weight excluding hydrogens is 328 g/mol. The zero-order chi connectivity index (χ0) is 20.0. The van der Waals surface area contributed by atoms with Gasteiger partial charge in [0.15, 0.2) is 0 Å². The molecule has 1 unspecified atom stereocenters. The number of hydrogen-bond donors (Lipinski definition) is 0. The zero-order valence-electron chi connectivity index (χ0n) is 17.3. The Morgan fingerprint density at radius 2 is 1.35 bits per heavy atom. The summed E-state index contributed by atoms with van der Waals surface area (Å²) in [6, 6.07) is 0. The molecule has 0 heterocycles. The van der Waals surface area contributed by atoms with Gasteiger partial charge in [-0.1, -0.05) is 85.3 Å². The van der Waals surface area contributed by atoms with Gasteiger partial charge in [-0.15, -0.1) is 0 Å². The van der Waals surface area contributed by atoms with Crippen LogP contribution in [0.4, 0.5) is 0 Å². The van der Waals surface area contributed by atoms with E-state index in [-0.39, 0.29) is 11.9 Å². The Hall–Kier alpha value is -1.58. The zero-order valence-corrected chi connectivity index (χ0v) is 17.3. The van der Waals surface area contributed by atoms with E-state index in [1.807, 2.05) is 0 Å². The molecule has 0 aromatic carbocycles. The summed E-state index contributed by atoms with van der Waals surface area (Å²) in [5.74, 6) is -0.104. The molecule has 0 rings (SSSR count). The summed E-state index contributed by atoms with van der Waals surface area (Å²) in [6.45, 7) is 14.3. The van der Waals surface area contributed by atoms with E-state index in [0.29, 0.717) is 19.1 Å². The minimum Gasteiger partial charge on any atom is -0.463 e. The number of unbranched alkanes of at least 4 members (excludes halogenated alkanes) is 6. The molecule has 0 fully saturated rings. The largest absolute Gasteiger partial charge is 0.463 e. The fraction of sp³-hybridized carbons (Fsp3) is 0.727. The predicted molar refractivity (Wildman–Crippen MR) is 109 cm³/mol. The maximum atomic E-state index is 10.8. The van der Waals surface area contributed by atoms with E-state index in [4.69, 9.17) is 9.47 Å². The Bertz CT molecular complexity index is 363. The molecule has 0 saturated heterocycles. The smallest absolute Gasteiger partial charge is 0.330 e. The minimum absolute atomic E-state index is 0.310. The molecule has 4 heteroatoms. The molecule has 0 aromatic heterocycles. The standard InChI is InChI=1S/2C11H20O2/c1-4-7-8-10(5-2)9-13-11(12)6-3;1-3-5-6-7-8-9-10-13-11(12)4-2/h6,10H,3-5,7-9H2,1-2H3;4H,2-3,5-10H2,1H3. The van der Waals surface area contributed by atoms with Gasteiger partial charge in [-0.2, -0.15) is 0 Å². The van der Waals surface area contributed by atoms with Crippen LogP contribution in [-0.2, 0) is 19.1 Å². The van der Waals surface area contributed by atoms with Crippen LogP contribution in [0, 0.1) is 5.92 Å². The van der Waals surface area contributed by atoms with Crippen molar-refractivity contribution >= 4 is 11.9 Å². The second kappa shape index (κ2) is 21.5. The van der Waals surface area contributed by atoms with Gasteiger partial charge in [0.25, 0.3) is 0 Å². The molecule has 0 spiro atoms. The highest BCUT2D eigenvalue weighted by molar-refractivity contribution is 5.81. The third-order valence-corrected chi connectivity index (χ3v) is 4.08. The van der Waals surface area contributed by atoms with E-state index in [0.717, 1.165) is 25.7 Å². The van der Waals surface area contributed by atoms with Crippen molar-refractivity contribution in [3.63, 3.8) is 0 Å². The summed E-state index contributed by atoms with van der Waals surface area (Å²) in [5, 5.41) is 0. The Kier molecular flexibility index (Phi) is 22.0. The molecule has 0 aliphatic heterocycles. The van der Waals surface area contributed by atoms with E-state index < -0.39 is 0 Å². The van der Waals surface area contributed by atoms with Gasteiger partial charge in [0.1, 0.15) is 0 Å². The molecule has 0 saturated carbocycles. The van der Waals surface area contributed by atoms with E-state index in [1.165, 1.54) is 50.7 Å². The highest BCUT2D eigenvalue weighted by Gasteiger charge is 2.07. The maximum absolute atomic E-state index is 10.8. The average Bonchev–Trinajstić information content (AvgIpc) is 2.67. The first-order valence-electron chi connectivity index (χ1n) is 10.1. The maximum Gasteiger partial charge on any atom is 0.330 e. The number of carbonyl (C=O) groups excluding carboxylic acids is 2. The Morgan fingerprint density at radius 1 is 0.808 bits per heavy atom. The molecule has 0 N–H and O–H groups in total. The van der Waals surface area contributed by atoms with Gasteiger partial charge < -0.3 is 9.47 Å². The fourth-order valence-corrected chi connectivity index (χ4v) is 2.27.